The molecule has 0 saturated carbocycles. The standard InChI is InChI=1S/C20H34N4O2/c1-17(2)19(24-11-14-25-15-12-24)16-23-20(21-3)22-10-7-13-26-18-8-5-4-6-9-18/h4-6,8-9,17,19H,7,10-16H2,1-3H3,(H2,21,22,23). The fraction of sp³-hybridized carbons (Fsp3) is 0.650. The van der Waals surface area contributed by atoms with Crippen LogP contribution in [0.5, 0.6) is 5.75 Å². The zero-order chi connectivity index (χ0) is 18.6. The number of guanidine groups is 1. The molecule has 0 aliphatic carbocycles. The number of morpholine rings is 1. The molecule has 1 saturated heterocycles. The molecule has 0 amide bonds. The van der Waals surface area contributed by atoms with Crippen LogP contribution in [0.2, 0.25) is 0 Å². The lowest BCUT2D eigenvalue weighted by Gasteiger charge is -2.37. The quantitative estimate of drug-likeness (QED) is 0.400. The molecule has 1 aliphatic rings. The number of hydrogen-bond donors (Lipinski definition) is 2. The van der Waals surface area contributed by atoms with Crippen molar-refractivity contribution in [2.75, 3.05) is 53.0 Å². The van der Waals surface area contributed by atoms with Crippen LogP contribution in [-0.4, -0.2) is 69.9 Å². The molecule has 0 bridgehead atoms. The van der Waals surface area contributed by atoms with Crippen molar-refractivity contribution in [3.05, 3.63) is 30.3 Å². The first-order chi connectivity index (χ1) is 12.7. The van der Waals surface area contributed by atoms with E-state index in [-0.39, 0.29) is 0 Å². The van der Waals surface area contributed by atoms with E-state index in [1.54, 1.807) is 0 Å². The molecule has 1 fully saturated rings. The number of benzene rings is 1. The molecule has 1 unspecified atom stereocenters. The Bertz CT molecular complexity index is 516. The van der Waals surface area contributed by atoms with E-state index in [9.17, 15) is 0 Å². The second-order valence-electron chi connectivity index (χ2n) is 6.85. The van der Waals surface area contributed by atoms with Gasteiger partial charge in [-0.25, -0.2) is 0 Å². The molecule has 146 valence electrons. The predicted octanol–water partition coefficient (Wildman–Crippen LogP) is 1.98. The molecule has 0 aromatic heterocycles. The highest BCUT2D eigenvalue weighted by atomic mass is 16.5. The van der Waals surface area contributed by atoms with E-state index in [0.717, 1.165) is 57.5 Å². The first-order valence-corrected chi connectivity index (χ1v) is 9.65. The maximum absolute atomic E-state index is 5.71. The monoisotopic (exact) mass is 362 g/mol. The zero-order valence-electron chi connectivity index (χ0n) is 16.4. The summed E-state index contributed by atoms with van der Waals surface area (Å²) < 4.78 is 11.2. The minimum Gasteiger partial charge on any atom is -0.494 e. The minimum atomic E-state index is 0.485. The molecular formula is C20H34N4O2. The van der Waals surface area contributed by atoms with Gasteiger partial charge in [0.1, 0.15) is 5.75 Å². The second-order valence-corrected chi connectivity index (χ2v) is 6.85. The van der Waals surface area contributed by atoms with E-state index < -0.39 is 0 Å². The van der Waals surface area contributed by atoms with Crippen LogP contribution in [0.3, 0.4) is 0 Å². The average Bonchev–Trinajstić information content (AvgIpc) is 2.67. The molecule has 1 aliphatic heterocycles. The van der Waals surface area contributed by atoms with Gasteiger partial charge in [-0.05, 0) is 24.5 Å². The Balaban J connectivity index is 1.65. The van der Waals surface area contributed by atoms with Crippen LogP contribution in [0.25, 0.3) is 0 Å². The van der Waals surface area contributed by atoms with Crippen molar-refractivity contribution in [2.45, 2.75) is 26.3 Å². The highest BCUT2D eigenvalue weighted by Gasteiger charge is 2.23. The van der Waals surface area contributed by atoms with E-state index >= 15 is 0 Å². The summed E-state index contributed by atoms with van der Waals surface area (Å²) in [6, 6.07) is 10.4. The Labute approximate surface area is 158 Å². The molecule has 1 heterocycles. The van der Waals surface area contributed by atoms with E-state index in [4.69, 9.17) is 9.47 Å². The van der Waals surface area contributed by atoms with Crippen LogP contribution in [0, 0.1) is 5.92 Å². The Kier molecular flexibility index (Phi) is 9.28. The van der Waals surface area contributed by atoms with Crippen molar-refractivity contribution in [1.82, 2.24) is 15.5 Å². The molecule has 1 aromatic rings. The van der Waals surface area contributed by atoms with Gasteiger partial charge in [-0.2, -0.15) is 0 Å². The van der Waals surface area contributed by atoms with Crippen LogP contribution in [0.15, 0.2) is 35.3 Å². The smallest absolute Gasteiger partial charge is 0.191 e. The molecule has 0 spiro atoms. The van der Waals surface area contributed by atoms with Gasteiger partial charge < -0.3 is 20.1 Å². The Morgan fingerprint density at radius 3 is 2.58 bits per heavy atom. The van der Waals surface area contributed by atoms with Crippen molar-refractivity contribution < 1.29 is 9.47 Å². The highest BCUT2D eigenvalue weighted by molar-refractivity contribution is 5.79. The van der Waals surface area contributed by atoms with Crippen LogP contribution in [0.4, 0.5) is 0 Å². The maximum Gasteiger partial charge on any atom is 0.191 e. The van der Waals surface area contributed by atoms with Gasteiger partial charge >= 0.3 is 0 Å². The van der Waals surface area contributed by atoms with Crippen molar-refractivity contribution in [3.63, 3.8) is 0 Å². The molecule has 6 heteroatoms. The molecule has 2 N–H and O–H groups in total. The van der Waals surface area contributed by atoms with E-state index in [1.807, 2.05) is 37.4 Å². The molecule has 26 heavy (non-hydrogen) atoms. The van der Waals surface area contributed by atoms with Crippen LogP contribution >= 0.6 is 0 Å². The third-order valence-corrected chi connectivity index (χ3v) is 4.61. The van der Waals surface area contributed by atoms with Gasteiger partial charge in [-0.3, -0.25) is 9.89 Å². The molecule has 1 aromatic carbocycles. The lowest BCUT2D eigenvalue weighted by molar-refractivity contribution is 0.00752. The number of ether oxygens (including phenoxy) is 2. The lowest BCUT2D eigenvalue weighted by atomic mass is 10.0. The average molecular weight is 363 g/mol. The molecule has 6 nitrogen and oxygen atoms in total. The number of aliphatic imine (C=N–C) groups is 1. The highest BCUT2D eigenvalue weighted by Crippen LogP contribution is 2.12. The van der Waals surface area contributed by atoms with Gasteiger partial charge in [0.2, 0.25) is 0 Å². The third kappa shape index (κ3) is 7.22. The van der Waals surface area contributed by atoms with Gasteiger partial charge in [0, 0.05) is 39.3 Å². The van der Waals surface area contributed by atoms with E-state index in [2.05, 4.69) is 34.4 Å². The summed E-state index contributed by atoms with van der Waals surface area (Å²) in [6.07, 6.45) is 0.923. The predicted molar refractivity (Wildman–Crippen MR) is 107 cm³/mol. The van der Waals surface area contributed by atoms with Gasteiger partial charge in [0.25, 0.3) is 0 Å². The van der Waals surface area contributed by atoms with Crippen LogP contribution < -0.4 is 15.4 Å². The number of hydrogen-bond acceptors (Lipinski definition) is 4. The third-order valence-electron chi connectivity index (χ3n) is 4.61. The second kappa shape index (κ2) is 11.8. The van der Waals surface area contributed by atoms with Crippen molar-refractivity contribution in [2.24, 2.45) is 10.9 Å². The van der Waals surface area contributed by atoms with E-state index in [0.29, 0.717) is 18.6 Å². The topological polar surface area (TPSA) is 58.1 Å². The van der Waals surface area contributed by atoms with Crippen LogP contribution in [0.1, 0.15) is 20.3 Å². The normalized spacial score (nSPS) is 17.2. The van der Waals surface area contributed by atoms with Crippen molar-refractivity contribution in [1.29, 1.82) is 0 Å². The fourth-order valence-corrected chi connectivity index (χ4v) is 3.10. The summed E-state index contributed by atoms with van der Waals surface area (Å²) in [5.74, 6) is 2.35. The first kappa shape index (κ1) is 20.5. The number of rotatable bonds is 9. The summed E-state index contributed by atoms with van der Waals surface area (Å²) >= 11 is 0. The van der Waals surface area contributed by atoms with E-state index in [1.165, 1.54) is 0 Å². The number of nitrogens with one attached hydrogen (secondary N) is 2. The van der Waals surface area contributed by atoms with Gasteiger partial charge in [0.15, 0.2) is 5.96 Å². The number of nitrogens with zero attached hydrogens (tertiary/aromatic N) is 2. The molecule has 1 atom stereocenters. The summed E-state index contributed by atoms with van der Waals surface area (Å²) in [5, 5.41) is 6.84. The van der Waals surface area contributed by atoms with Crippen molar-refractivity contribution >= 4 is 5.96 Å². The van der Waals surface area contributed by atoms with Gasteiger partial charge in [-0.1, -0.05) is 32.0 Å². The largest absolute Gasteiger partial charge is 0.494 e. The molecular weight excluding hydrogens is 328 g/mol. The fourth-order valence-electron chi connectivity index (χ4n) is 3.10. The lowest BCUT2D eigenvalue weighted by Crippen LogP contribution is -2.52. The zero-order valence-corrected chi connectivity index (χ0v) is 16.4. The Morgan fingerprint density at radius 2 is 1.92 bits per heavy atom. The summed E-state index contributed by atoms with van der Waals surface area (Å²) in [5.41, 5.74) is 0. The summed E-state index contributed by atoms with van der Waals surface area (Å²) in [4.78, 5) is 6.85. The first-order valence-electron chi connectivity index (χ1n) is 9.65. The van der Waals surface area contributed by atoms with Crippen LogP contribution in [-0.2, 0) is 4.74 Å². The molecule has 0 radical (unpaired) electrons. The minimum absolute atomic E-state index is 0.485. The van der Waals surface area contributed by atoms with Crippen molar-refractivity contribution in [3.8, 4) is 5.75 Å². The summed E-state index contributed by atoms with van der Waals surface area (Å²) in [6.45, 7) is 10.6. The van der Waals surface area contributed by atoms with Gasteiger partial charge in [-0.15, -0.1) is 0 Å². The maximum atomic E-state index is 5.71. The summed E-state index contributed by atoms with van der Waals surface area (Å²) in [7, 11) is 1.81. The van der Waals surface area contributed by atoms with Gasteiger partial charge in [0.05, 0.1) is 19.8 Å². The SMILES string of the molecule is CN=C(NCCCOc1ccccc1)NCC(C(C)C)N1CCOCC1. The number of para-hydroxylation sites is 1. The Morgan fingerprint density at radius 1 is 1.19 bits per heavy atom. The Hall–Kier alpha value is -1.79. The molecule has 2 rings (SSSR count).